The molecule has 0 bridgehead atoms. The smallest absolute Gasteiger partial charge is 0.0330 e. The van der Waals surface area contributed by atoms with Crippen molar-refractivity contribution in [1.29, 1.82) is 0 Å². The molecule has 2 rings (SSSR count). The lowest BCUT2D eigenvalue weighted by Crippen LogP contribution is -2.10. The van der Waals surface area contributed by atoms with E-state index in [2.05, 4.69) is 35.5 Å². The highest BCUT2D eigenvalue weighted by atomic mass is 15.0. The third-order valence-electron chi connectivity index (χ3n) is 2.46. The SMILES string of the molecule is [CH]1CCC(n2cccc2)CC1. The van der Waals surface area contributed by atoms with Crippen molar-refractivity contribution in [2.45, 2.75) is 31.7 Å². The van der Waals surface area contributed by atoms with Crippen molar-refractivity contribution in [1.82, 2.24) is 4.57 Å². The highest BCUT2D eigenvalue weighted by Gasteiger charge is 2.13. The normalized spacial score (nSPS) is 20.4. The lowest BCUT2D eigenvalue weighted by atomic mass is 9.95. The first-order valence-corrected chi connectivity index (χ1v) is 4.41. The van der Waals surface area contributed by atoms with Crippen LogP contribution >= 0.6 is 0 Å². The zero-order chi connectivity index (χ0) is 7.52. The molecule has 1 aliphatic rings. The lowest BCUT2D eigenvalue weighted by Gasteiger charge is -2.22. The standard InChI is InChI=1S/C10H14N/c1-2-6-10(7-3-1)11-8-4-5-9-11/h1,4-5,8-10H,2-3,6-7H2. The molecule has 0 N–H and O–H groups in total. The van der Waals surface area contributed by atoms with Crippen LogP contribution in [0.3, 0.4) is 0 Å². The van der Waals surface area contributed by atoms with Gasteiger partial charge in [0.25, 0.3) is 0 Å². The van der Waals surface area contributed by atoms with Crippen LogP contribution in [-0.4, -0.2) is 4.57 Å². The van der Waals surface area contributed by atoms with Crippen molar-refractivity contribution < 1.29 is 0 Å². The summed E-state index contributed by atoms with van der Waals surface area (Å²) in [5.74, 6) is 0. The van der Waals surface area contributed by atoms with Crippen LogP contribution in [0.25, 0.3) is 0 Å². The second-order valence-electron chi connectivity index (χ2n) is 3.23. The van der Waals surface area contributed by atoms with Crippen LogP contribution in [-0.2, 0) is 0 Å². The summed E-state index contributed by atoms with van der Waals surface area (Å²) in [6.45, 7) is 0. The van der Waals surface area contributed by atoms with E-state index in [-0.39, 0.29) is 0 Å². The third-order valence-corrected chi connectivity index (χ3v) is 2.46. The van der Waals surface area contributed by atoms with E-state index in [1.807, 2.05) is 0 Å². The maximum absolute atomic E-state index is 2.40. The number of rotatable bonds is 1. The number of hydrogen-bond acceptors (Lipinski definition) is 0. The van der Waals surface area contributed by atoms with Crippen LogP contribution in [0.15, 0.2) is 24.5 Å². The highest BCUT2D eigenvalue weighted by molar-refractivity contribution is 4.94. The van der Waals surface area contributed by atoms with Crippen molar-refractivity contribution in [2.75, 3.05) is 0 Å². The fourth-order valence-corrected chi connectivity index (χ4v) is 1.80. The van der Waals surface area contributed by atoms with Gasteiger partial charge < -0.3 is 4.57 Å². The summed E-state index contributed by atoms with van der Waals surface area (Å²) in [5.41, 5.74) is 0. The van der Waals surface area contributed by atoms with Gasteiger partial charge in [0.1, 0.15) is 0 Å². The van der Waals surface area contributed by atoms with Crippen molar-refractivity contribution >= 4 is 0 Å². The zero-order valence-electron chi connectivity index (χ0n) is 6.74. The van der Waals surface area contributed by atoms with Gasteiger partial charge in [-0.2, -0.15) is 0 Å². The Hall–Kier alpha value is -0.720. The average molecular weight is 148 g/mol. The largest absolute Gasteiger partial charge is 0.351 e. The number of aromatic nitrogens is 1. The first kappa shape index (κ1) is 6.96. The van der Waals surface area contributed by atoms with Crippen LogP contribution in [0.2, 0.25) is 0 Å². The summed E-state index contributed by atoms with van der Waals surface area (Å²) in [6.07, 6.45) is 12.0. The maximum Gasteiger partial charge on any atom is 0.0330 e. The predicted molar refractivity (Wildman–Crippen MR) is 46.2 cm³/mol. The number of hydrogen-bond donors (Lipinski definition) is 0. The molecule has 1 aromatic heterocycles. The summed E-state index contributed by atoms with van der Waals surface area (Å²) in [6, 6.07) is 4.99. The van der Waals surface area contributed by atoms with Gasteiger partial charge >= 0.3 is 0 Å². The Morgan fingerprint density at radius 3 is 2.27 bits per heavy atom. The van der Waals surface area contributed by atoms with Gasteiger partial charge in [-0.05, 0) is 44.2 Å². The third kappa shape index (κ3) is 1.47. The second-order valence-corrected chi connectivity index (χ2v) is 3.23. The minimum Gasteiger partial charge on any atom is -0.351 e. The van der Waals surface area contributed by atoms with E-state index in [1.165, 1.54) is 25.7 Å². The molecule has 1 aliphatic carbocycles. The summed E-state index contributed by atoms with van der Waals surface area (Å²) in [5, 5.41) is 0. The summed E-state index contributed by atoms with van der Waals surface area (Å²) >= 11 is 0. The van der Waals surface area contributed by atoms with Crippen LogP contribution in [0, 0.1) is 6.42 Å². The Morgan fingerprint density at radius 1 is 1.00 bits per heavy atom. The zero-order valence-corrected chi connectivity index (χ0v) is 6.74. The molecule has 0 amide bonds. The van der Waals surface area contributed by atoms with Crippen molar-refractivity contribution in [3.63, 3.8) is 0 Å². The van der Waals surface area contributed by atoms with Gasteiger partial charge in [0.05, 0.1) is 0 Å². The van der Waals surface area contributed by atoms with Crippen LogP contribution in [0.5, 0.6) is 0 Å². The van der Waals surface area contributed by atoms with Gasteiger partial charge in [0.15, 0.2) is 0 Å². The van der Waals surface area contributed by atoms with E-state index < -0.39 is 0 Å². The summed E-state index contributed by atoms with van der Waals surface area (Å²) in [7, 11) is 0. The Labute approximate surface area is 68.0 Å². The maximum atomic E-state index is 2.40. The second kappa shape index (κ2) is 3.12. The Kier molecular flexibility index (Phi) is 1.97. The van der Waals surface area contributed by atoms with E-state index in [0.29, 0.717) is 0 Å². The quantitative estimate of drug-likeness (QED) is 0.577. The van der Waals surface area contributed by atoms with Crippen molar-refractivity contribution in [3.05, 3.63) is 30.9 Å². The van der Waals surface area contributed by atoms with Gasteiger partial charge in [-0.25, -0.2) is 0 Å². The molecule has 0 atom stereocenters. The van der Waals surface area contributed by atoms with E-state index in [0.717, 1.165) is 6.04 Å². The molecule has 11 heavy (non-hydrogen) atoms. The first-order chi connectivity index (χ1) is 5.47. The first-order valence-electron chi connectivity index (χ1n) is 4.41. The Morgan fingerprint density at radius 2 is 1.64 bits per heavy atom. The Balaban J connectivity index is 2.04. The van der Waals surface area contributed by atoms with Crippen LogP contribution in [0.4, 0.5) is 0 Å². The molecule has 1 radical (unpaired) electrons. The number of nitrogens with zero attached hydrogens (tertiary/aromatic N) is 1. The molecule has 1 heterocycles. The molecule has 1 saturated carbocycles. The molecule has 0 spiro atoms. The Bertz CT molecular complexity index is 195. The molecule has 0 saturated heterocycles. The fourth-order valence-electron chi connectivity index (χ4n) is 1.80. The minimum absolute atomic E-state index is 0.773. The monoisotopic (exact) mass is 148 g/mol. The van der Waals surface area contributed by atoms with Crippen molar-refractivity contribution in [3.8, 4) is 0 Å². The average Bonchev–Trinajstić information content (AvgIpc) is 2.58. The summed E-state index contributed by atoms with van der Waals surface area (Å²) < 4.78 is 2.34. The molecule has 0 unspecified atom stereocenters. The van der Waals surface area contributed by atoms with E-state index >= 15 is 0 Å². The molecular weight excluding hydrogens is 134 g/mol. The van der Waals surface area contributed by atoms with Gasteiger partial charge in [0, 0.05) is 18.4 Å². The van der Waals surface area contributed by atoms with E-state index in [9.17, 15) is 0 Å². The molecule has 1 fully saturated rings. The molecule has 1 aromatic rings. The van der Waals surface area contributed by atoms with Gasteiger partial charge in [-0.3, -0.25) is 0 Å². The molecule has 1 heteroatoms. The predicted octanol–water partition coefficient (Wildman–Crippen LogP) is 2.81. The fraction of sp³-hybridized carbons (Fsp3) is 0.500. The van der Waals surface area contributed by atoms with Crippen LogP contribution < -0.4 is 0 Å². The van der Waals surface area contributed by atoms with Crippen molar-refractivity contribution in [2.24, 2.45) is 0 Å². The molecule has 59 valence electrons. The van der Waals surface area contributed by atoms with E-state index in [1.54, 1.807) is 0 Å². The van der Waals surface area contributed by atoms with Gasteiger partial charge in [-0.1, -0.05) is 0 Å². The molecule has 0 aromatic carbocycles. The topological polar surface area (TPSA) is 4.93 Å². The lowest BCUT2D eigenvalue weighted by molar-refractivity contribution is 0.397. The highest BCUT2D eigenvalue weighted by Crippen LogP contribution is 2.26. The molecule has 1 nitrogen and oxygen atoms in total. The van der Waals surface area contributed by atoms with Gasteiger partial charge in [0.2, 0.25) is 0 Å². The molecular formula is C10H14N. The van der Waals surface area contributed by atoms with Gasteiger partial charge in [-0.15, -0.1) is 0 Å². The van der Waals surface area contributed by atoms with E-state index in [4.69, 9.17) is 0 Å². The van der Waals surface area contributed by atoms with Crippen LogP contribution in [0.1, 0.15) is 31.7 Å². The molecule has 0 aliphatic heterocycles. The summed E-state index contributed by atoms with van der Waals surface area (Å²) in [4.78, 5) is 0. The minimum atomic E-state index is 0.773.